The predicted octanol–water partition coefficient (Wildman–Crippen LogP) is -1.76. The Kier molecular flexibility index (Phi) is 5.28. The smallest absolute Gasteiger partial charge is 0.545 e. The molecule has 0 aliphatic carbocycles. The van der Waals surface area contributed by atoms with E-state index in [0.717, 1.165) is 13.0 Å². The zero-order chi connectivity index (χ0) is 11.6. The van der Waals surface area contributed by atoms with Crippen molar-refractivity contribution in [2.75, 3.05) is 0 Å². The van der Waals surface area contributed by atoms with Gasteiger partial charge in [0.15, 0.2) is 5.78 Å². The second kappa shape index (κ2) is 5.73. The first-order chi connectivity index (χ1) is 6.95. The van der Waals surface area contributed by atoms with Crippen molar-refractivity contribution in [3.8, 4) is 0 Å². The summed E-state index contributed by atoms with van der Waals surface area (Å²) in [7, 11) is 0. The van der Waals surface area contributed by atoms with E-state index in [9.17, 15) is 24.6 Å². The molecule has 0 fully saturated rings. The van der Waals surface area contributed by atoms with E-state index < -0.39 is 28.8 Å². The Balaban J connectivity index is 0.00000225. The molecule has 2 radical (unpaired) electrons. The summed E-state index contributed by atoms with van der Waals surface area (Å²) in [4.78, 5) is 32.3. The number of Topliss-reactive ketones (excluding diaryl/α,β-unsaturated/α-hetero) is 1. The van der Waals surface area contributed by atoms with Crippen molar-refractivity contribution in [2.45, 2.75) is 6.92 Å². The first-order valence-electron chi connectivity index (χ1n) is 4.01. The minimum atomic E-state index is -1.71. The number of carbonyl (C=O) groups excluding carboxylic acids is 3. The van der Waals surface area contributed by atoms with E-state index in [4.69, 9.17) is 0 Å². The minimum absolute atomic E-state index is 0. The van der Waals surface area contributed by atoms with Crippen molar-refractivity contribution in [3.05, 3.63) is 34.9 Å². The van der Waals surface area contributed by atoms with Crippen LogP contribution in [0.25, 0.3) is 0 Å². The molecule has 0 bridgehead atoms. The number of carbonyl (C=O) groups is 3. The van der Waals surface area contributed by atoms with E-state index in [1.165, 1.54) is 12.1 Å². The van der Waals surface area contributed by atoms with Gasteiger partial charge in [-0.2, -0.15) is 0 Å². The van der Waals surface area contributed by atoms with Crippen LogP contribution >= 0.6 is 0 Å². The van der Waals surface area contributed by atoms with Gasteiger partial charge in [-0.05, 0) is 6.92 Å². The normalized spacial score (nSPS) is 9.06. The molecule has 6 heteroatoms. The van der Waals surface area contributed by atoms with E-state index in [1.807, 2.05) is 0 Å². The Labute approximate surface area is 111 Å². The molecule has 0 saturated carbocycles. The number of ketones is 1. The van der Waals surface area contributed by atoms with Crippen molar-refractivity contribution < 1.29 is 24.6 Å². The Hall–Kier alpha value is -1.25. The molecule has 0 unspecified atom stereocenters. The van der Waals surface area contributed by atoms with E-state index in [-0.39, 0.29) is 32.9 Å². The molecule has 0 aliphatic rings. The molecule has 0 heterocycles. The van der Waals surface area contributed by atoms with Crippen molar-refractivity contribution in [2.24, 2.45) is 0 Å². The quantitative estimate of drug-likeness (QED) is 0.432. The number of benzene rings is 1. The van der Waals surface area contributed by atoms with Gasteiger partial charge >= 0.3 is 27.3 Å². The zero-order valence-electron chi connectivity index (χ0n) is 8.27. The molecule has 0 atom stereocenters. The van der Waals surface area contributed by atoms with Gasteiger partial charge in [0.25, 0.3) is 0 Å². The van der Waals surface area contributed by atoms with Crippen molar-refractivity contribution in [1.82, 2.24) is 0 Å². The first-order valence-corrected chi connectivity index (χ1v) is 4.01. The summed E-state index contributed by atoms with van der Waals surface area (Å²) in [5, 5.41) is 21.3. The second-order valence-corrected chi connectivity index (χ2v) is 2.86. The van der Waals surface area contributed by atoms with E-state index in [2.05, 4.69) is 0 Å². The molecular formula is C10H6O5Pb. The topological polar surface area (TPSA) is 97.3 Å². The van der Waals surface area contributed by atoms with Gasteiger partial charge in [0.1, 0.15) is 0 Å². The van der Waals surface area contributed by atoms with E-state index >= 15 is 0 Å². The van der Waals surface area contributed by atoms with Crippen molar-refractivity contribution in [1.29, 1.82) is 0 Å². The van der Waals surface area contributed by atoms with Crippen LogP contribution in [0.3, 0.4) is 0 Å². The number of hydrogen-bond acceptors (Lipinski definition) is 5. The van der Waals surface area contributed by atoms with Crippen LogP contribution in [-0.4, -0.2) is 45.0 Å². The van der Waals surface area contributed by atoms with Gasteiger partial charge in [0.2, 0.25) is 0 Å². The van der Waals surface area contributed by atoms with Gasteiger partial charge in [-0.25, -0.2) is 0 Å². The standard InChI is InChI=1S/C10H8O5.Pb/c1-5(11)6-3-2-4-7(9(12)13)8(6)10(14)15;/h2-4H,1H3,(H,12,13)(H,14,15);/q;+2/p-2. The fraction of sp³-hybridized carbons (Fsp3) is 0.100. The van der Waals surface area contributed by atoms with E-state index in [0.29, 0.717) is 0 Å². The van der Waals surface area contributed by atoms with Crippen LogP contribution in [0.1, 0.15) is 38.0 Å². The third kappa shape index (κ3) is 2.87. The molecule has 0 amide bonds. The summed E-state index contributed by atoms with van der Waals surface area (Å²) in [6.45, 7) is 1.14. The predicted molar refractivity (Wildman–Crippen MR) is 50.9 cm³/mol. The number of aromatic carboxylic acids is 2. The Bertz CT molecular complexity index is 420. The maximum Gasteiger partial charge on any atom is 2.00 e. The molecule has 1 aromatic rings. The van der Waals surface area contributed by atoms with Gasteiger partial charge in [-0.15, -0.1) is 0 Å². The summed E-state index contributed by atoms with van der Waals surface area (Å²) >= 11 is 0. The number of rotatable bonds is 3. The van der Waals surface area contributed by atoms with Crippen LogP contribution in [0.5, 0.6) is 0 Å². The third-order valence-corrected chi connectivity index (χ3v) is 1.87. The number of carboxylic acid groups (broad SMARTS) is 2. The number of hydrogen-bond donors (Lipinski definition) is 0. The molecular weight excluding hydrogens is 407 g/mol. The Morgan fingerprint density at radius 1 is 1.00 bits per heavy atom. The first kappa shape index (κ1) is 14.8. The van der Waals surface area contributed by atoms with Gasteiger partial charge in [0, 0.05) is 16.7 Å². The van der Waals surface area contributed by atoms with Crippen LogP contribution in [0, 0.1) is 0 Å². The Morgan fingerprint density at radius 3 is 1.88 bits per heavy atom. The van der Waals surface area contributed by atoms with E-state index in [1.54, 1.807) is 0 Å². The molecule has 80 valence electrons. The van der Waals surface area contributed by atoms with Crippen LogP contribution in [0.4, 0.5) is 0 Å². The molecule has 0 saturated heterocycles. The fourth-order valence-corrected chi connectivity index (χ4v) is 1.24. The summed E-state index contributed by atoms with van der Waals surface area (Å²) in [5.74, 6) is -3.91. The summed E-state index contributed by atoms with van der Waals surface area (Å²) in [6, 6.07) is 3.54. The average molecular weight is 413 g/mol. The fourth-order valence-electron chi connectivity index (χ4n) is 1.24. The van der Waals surface area contributed by atoms with Crippen molar-refractivity contribution in [3.63, 3.8) is 0 Å². The van der Waals surface area contributed by atoms with Gasteiger partial charge in [-0.1, -0.05) is 18.2 Å². The minimum Gasteiger partial charge on any atom is -0.545 e. The monoisotopic (exact) mass is 414 g/mol. The van der Waals surface area contributed by atoms with Gasteiger partial charge in [0.05, 0.1) is 11.9 Å². The Morgan fingerprint density at radius 2 is 1.50 bits per heavy atom. The molecule has 1 rings (SSSR count). The van der Waals surface area contributed by atoms with Crippen LogP contribution in [-0.2, 0) is 0 Å². The molecule has 16 heavy (non-hydrogen) atoms. The van der Waals surface area contributed by atoms with Crippen LogP contribution in [0.15, 0.2) is 18.2 Å². The van der Waals surface area contributed by atoms with Gasteiger partial charge < -0.3 is 19.8 Å². The second-order valence-electron chi connectivity index (χ2n) is 2.86. The molecule has 0 spiro atoms. The maximum absolute atomic E-state index is 11.0. The number of carboxylic acids is 2. The molecule has 0 N–H and O–H groups in total. The molecule has 1 aromatic carbocycles. The average Bonchev–Trinajstić information content (AvgIpc) is 2.16. The summed E-state index contributed by atoms with van der Waals surface area (Å²) in [5.41, 5.74) is -1.38. The largest absolute Gasteiger partial charge is 2.00 e. The zero-order valence-corrected chi connectivity index (χ0v) is 12.2. The molecule has 5 nitrogen and oxygen atoms in total. The summed E-state index contributed by atoms with van der Waals surface area (Å²) < 4.78 is 0. The van der Waals surface area contributed by atoms with Crippen LogP contribution < -0.4 is 10.2 Å². The molecule has 0 aromatic heterocycles. The maximum atomic E-state index is 11.0. The van der Waals surface area contributed by atoms with Gasteiger partial charge in [-0.3, -0.25) is 4.79 Å². The van der Waals surface area contributed by atoms with Crippen LogP contribution in [0.2, 0.25) is 0 Å². The molecule has 0 aliphatic heterocycles. The summed E-state index contributed by atoms with van der Waals surface area (Å²) in [6.07, 6.45) is 0. The third-order valence-electron chi connectivity index (χ3n) is 1.87. The van der Waals surface area contributed by atoms with Crippen molar-refractivity contribution >= 4 is 45.0 Å². The SMILES string of the molecule is CC(=O)c1cccc(C(=O)[O-])c1C(=O)[O-].[Pb+2].